The second kappa shape index (κ2) is 7.33. The van der Waals surface area contributed by atoms with Gasteiger partial charge in [-0.25, -0.2) is 8.42 Å². The van der Waals surface area contributed by atoms with E-state index >= 15 is 0 Å². The van der Waals surface area contributed by atoms with Crippen molar-refractivity contribution >= 4 is 16.1 Å². The van der Waals surface area contributed by atoms with Crippen molar-refractivity contribution in [3.8, 4) is 5.75 Å². The van der Waals surface area contributed by atoms with Crippen molar-refractivity contribution in [2.24, 2.45) is 0 Å². The van der Waals surface area contributed by atoms with E-state index in [1.54, 1.807) is 37.5 Å². The summed E-state index contributed by atoms with van der Waals surface area (Å²) in [5.74, 6) is -0.294. The number of benzene rings is 2. The average molecular weight is 401 g/mol. The molecular weight excluding hydrogens is 378 g/mol. The minimum Gasteiger partial charge on any atom is -0.497 e. The van der Waals surface area contributed by atoms with Gasteiger partial charge in [-0.2, -0.15) is 4.31 Å². The topological polar surface area (TPSA) is 65.1 Å². The highest BCUT2D eigenvalue weighted by molar-refractivity contribution is 7.89. The zero-order valence-electron chi connectivity index (χ0n) is 15.9. The Labute approximate surface area is 165 Å². The van der Waals surface area contributed by atoms with Crippen LogP contribution in [0.3, 0.4) is 0 Å². The van der Waals surface area contributed by atoms with E-state index in [-0.39, 0.29) is 24.1 Å². The standard InChI is InChI=1S/C21H23NO5S/c1-16-3-9-20(10-4-16)28(23,24)22-13-19-14-26-21(15-22,27-19)12-11-17-5-7-18(25-2)8-6-17/h3-12,19H,13-15H2,1-2H3/b12-11+. The van der Waals surface area contributed by atoms with Gasteiger partial charge in [0, 0.05) is 6.54 Å². The molecule has 2 unspecified atom stereocenters. The van der Waals surface area contributed by atoms with Crippen molar-refractivity contribution in [1.29, 1.82) is 0 Å². The van der Waals surface area contributed by atoms with Crippen LogP contribution in [0.5, 0.6) is 5.75 Å². The monoisotopic (exact) mass is 401 g/mol. The van der Waals surface area contributed by atoms with Crippen molar-refractivity contribution in [2.45, 2.75) is 23.7 Å². The van der Waals surface area contributed by atoms with E-state index in [4.69, 9.17) is 14.2 Å². The molecule has 2 bridgehead atoms. The highest BCUT2D eigenvalue weighted by atomic mass is 32.2. The fourth-order valence-corrected chi connectivity index (χ4v) is 4.91. The number of sulfonamides is 1. The Morgan fingerprint density at radius 1 is 1.14 bits per heavy atom. The normalized spacial score (nSPS) is 25.3. The van der Waals surface area contributed by atoms with Crippen molar-refractivity contribution in [3.63, 3.8) is 0 Å². The van der Waals surface area contributed by atoms with Gasteiger partial charge in [-0.05, 0) is 42.8 Å². The Balaban J connectivity index is 1.57. The van der Waals surface area contributed by atoms with Gasteiger partial charge in [0.25, 0.3) is 0 Å². The Morgan fingerprint density at radius 2 is 1.86 bits per heavy atom. The molecule has 2 atom stereocenters. The summed E-state index contributed by atoms with van der Waals surface area (Å²) < 4.78 is 44.6. The lowest BCUT2D eigenvalue weighted by Crippen LogP contribution is -2.52. The molecule has 2 aliphatic rings. The summed E-state index contributed by atoms with van der Waals surface area (Å²) >= 11 is 0. The first-order valence-corrected chi connectivity index (χ1v) is 10.6. The summed E-state index contributed by atoms with van der Waals surface area (Å²) in [7, 11) is -1.99. The first-order chi connectivity index (χ1) is 13.4. The molecule has 0 N–H and O–H groups in total. The minimum absolute atomic E-state index is 0.117. The maximum Gasteiger partial charge on any atom is 0.243 e. The summed E-state index contributed by atoms with van der Waals surface area (Å²) in [4.78, 5) is 0.286. The molecule has 0 aromatic heterocycles. The summed E-state index contributed by atoms with van der Waals surface area (Å²) in [6, 6.07) is 14.5. The number of fused-ring (bicyclic) bond motifs is 2. The van der Waals surface area contributed by atoms with Crippen LogP contribution in [-0.4, -0.2) is 51.4 Å². The van der Waals surface area contributed by atoms with Crippen molar-refractivity contribution in [2.75, 3.05) is 26.8 Å². The molecular formula is C21H23NO5S. The van der Waals surface area contributed by atoms with Crippen LogP contribution in [0.25, 0.3) is 6.08 Å². The minimum atomic E-state index is -3.61. The maximum atomic E-state index is 13.1. The summed E-state index contributed by atoms with van der Waals surface area (Å²) in [6.45, 7) is 2.70. The van der Waals surface area contributed by atoms with Crippen LogP contribution in [0, 0.1) is 6.92 Å². The van der Waals surface area contributed by atoms with Gasteiger partial charge >= 0.3 is 0 Å². The molecule has 0 spiro atoms. The van der Waals surface area contributed by atoms with Crippen molar-refractivity contribution in [1.82, 2.24) is 4.31 Å². The first-order valence-electron chi connectivity index (χ1n) is 9.12. The Bertz CT molecular complexity index is 969. The first kappa shape index (κ1) is 19.1. The van der Waals surface area contributed by atoms with Gasteiger partial charge in [0.15, 0.2) is 0 Å². The third-order valence-electron chi connectivity index (χ3n) is 4.99. The third-order valence-corrected chi connectivity index (χ3v) is 6.81. The molecule has 148 valence electrons. The fraction of sp³-hybridized carbons (Fsp3) is 0.333. The van der Waals surface area contributed by atoms with Crippen LogP contribution in [0.15, 0.2) is 59.5 Å². The van der Waals surface area contributed by atoms with Crippen LogP contribution in [-0.2, 0) is 19.5 Å². The van der Waals surface area contributed by atoms with Crippen molar-refractivity contribution in [3.05, 3.63) is 65.7 Å². The molecule has 2 fully saturated rings. The highest BCUT2D eigenvalue weighted by Crippen LogP contribution is 2.35. The van der Waals surface area contributed by atoms with Crippen LogP contribution >= 0.6 is 0 Å². The van der Waals surface area contributed by atoms with E-state index in [0.717, 1.165) is 16.9 Å². The summed E-state index contributed by atoms with van der Waals surface area (Å²) in [5, 5.41) is 0. The maximum absolute atomic E-state index is 13.1. The second-order valence-electron chi connectivity index (χ2n) is 7.08. The van der Waals surface area contributed by atoms with Gasteiger partial charge in [-0.15, -0.1) is 0 Å². The van der Waals surface area contributed by atoms with Crippen LogP contribution in [0.2, 0.25) is 0 Å². The number of morpholine rings is 1. The number of hydrogen-bond donors (Lipinski definition) is 0. The number of ether oxygens (including phenoxy) is 3. The summed E-state index contributed by atoms with van der Waals surface area (Å²) in [5.41, 5.74) is 1.97. The largest absolute Gasteiger partial charge is 0.497 e. The Morgan fingerprint density at radius 3 is 2.54 bits per heavy atom. The molecule has 28 heavy (non-hydrogen) atoms. The van der Waals surface area contributed by atoms with E-state index in [1.165, 1.54) is 4.31 Å². The van der Waals surface area contributed by atoms with E-state index in [2.05, 4.69) is 0 Å². The predicted molar refractivity (Wildman–Crippen MR) is 106 cm³/mol. The molecule has 0 amide bonds. The molecule has 2 aliphatic heterocycles. The molecule has 2 saturated heterocycles. The lowest BCUT2D eigenvalue weighted by Gasteiger charge is -2.36. The molecule has 2 heterocycles. The quantitative estimate of drug-likeness (QED) is 0.771. The number of rotatable bonds is 5. The van der Waals surface area contributed by atoms with Gasteiger partial charge in [0.1, 0.15) is 5.75 Å². The lowest BCUT2D eigenvalue weighted by atomic mass is 10.1. The average Bonchev–Trinajstić information content (AvgIpc) is 3.01. The second-order valence-corrected chi connectivity index (χ2v) is 9.02. The molecule has 7 heteroatoms. The highest BCUT2D eigenvalue weighted by Gasteiger charge is 2.49. The molecule has 4 rings (SSSR count). The van der Waals surface area contributed by atoms with Gasteiger partial charge in [0.2, 0.25) is 15.8 Å². The third kappa shape index (κ3) is 3.71. The number of hydrogen-bond acceptors (Lipinski definition) is 5. The fourth-order valence-electron chi connectivity index (χ4n) is 3.42. The zero-order chi connectivity index (χ0) is 19.8. The summed E-state index contributed by atoms with van der Waals surface area (Å²) in [6.07, 6.45) is 3.39. The smallest absolute Gasteiger partial charge is 0.243 e. The van der Waals surface area contributed by atoms with E-state index < -0.39 is 15.8 Å². The number of aryl methyl sites for hydroxylation is 1. The Kier molecular flexibility index (Phi) is 5.01. The molecule has 2 aromatic rings. The molecule has 2 aromatic carbocycles. The number of nitrogens with zero attached hydrogens (tertiary/aromatic N) is 1. The number of methoxy groups -OCH3 is 1. The molecule has 0 aliphatic carbocycles. The Hall–Kier alpha value is -2.19. The van der Waals surface area contributed by atoms with Crippen LogP contribution in [0.1, 0.15) is 11.1 Å². The van der Waals surface area contributed by atoms with Gasteiger partial charge in [-0.3, -0.25) is 0 Å². The van der Waals surface area contributed by atoms with Crippen molar-refractivity contribution < 1.29 is 22.6 Å². The molecule has 0 radical (unpaired) electrons. The predicted octanol–water partition coefficient (Wildman–Crippen LogP) is 2.83. The SMILES string of the molecule is COc1ccc(/C=C/C23CN(S(=O)(=O)c4ccc(C)cc4)CC(CO2)O3)cc1. The van der Waals surface area contributed by atoms with Gasteiger partial charge in [0.05, 0.1) is 31.3 Å². The van der Waals surface area contributed by atoms with Crippen LogP contribution in [0.4, 0.5) is 0 Å². The van der Waals surface area contributed by atoms with E-state index in [0.29, 0.717) is 6.61 Å². The van der Waals surface area contributed by atoms with E-state index in [9.17, 15) is 8.42 Å². The lowest BCUT2D eigenvalue weighted by molar-refractivity contribution is -0.155. The van der Waals surface area contributed by atoms with Crippen LogP contribution < -0.4 is 4.74 Å². The molecule has 0 saturated carbocycles. The van der Waals surface area contributed by atoms with E-state index in [1.807, 2.05) is 37.3 Å². The molecule has 6 nitrogen and oxygen atoms in total. The van der Waals surface area contributed by atoms with Gasteiger partial charge < -0.3 is 14.2 Å². The van der Waals surface area contributed by atoms with Gasteiger partial charge in [-0.1, -0.05) is 35.9 Å². The zero-order valence-corrected chi connectivity index (χ0v) is 16.7.